The summed E-state index contributed by atoms with van der Waals surface area (Å²) in [7, 11) is 0. The molecule has 2 heterocycles. The minimum absolute atomic E-state index is 0.0165. The van der Waals surface area contributed by atoms with Crippen molar-refractivity contribution in [1.29, 1.82) is 0 Å². The molecule has 1 aromatic rings. The number of nitrogens with zero attached hydrogens (tertiary/aromatic N) is 2. The van der Waals surface area contributed by atoms with Crippen LogP contribution in [-0.2, 0) is 17.8 Å². The summed E-state index contributed by atoms with van der Waals surface area (Å²) in [6.45, 7) is 5.54. The summed E-state index contributed by atoms with van der Waals surface area (Å²) in [6, 6.07) is 4.19. The molecule has 0 radical (unpaired) electrons. The van der Waals surface area contributed by atoms with E-state index < -0.39 is 0 Å². The third-order valence-corrected chi connectivity index (χ3v) is 5.73. The second-order valence-corrected chi connectivity index (χ2v) is 7.57. The molecular formula is C17H25N3O2S. The van der Waals surface area contributed by atoms with E-state index in [2.05, 4.69) is 24.4 Å². The molecule has 3 rings (SSSR count). The number of carbonyl (C=O) groups excluding carboxylic acids is 2. The van der Waals surface area contributed by atoms with E-state index in [1.165, 1.54) is 9.75 Å². The molecular weight excluding hydrogens is 310 g/mol. The second kappa shape index (κ2) is 7.34. The van der Waals surface area contributed by atoms with E-state index in [1.807, 2.05) is 9.80 Å². The predicted molar refractivity (Wildman–Crippen MR) is 91.4 cm³/mol. The van der Waals surface area contributed by atoms with E-state index in [0.717, 1.165) is 38.8 Å². The molecule has 1 saturated carbocycles. The highest BCUT2D eigenvalue weighted by Crippen LogP contribution is 2.31. The number of carbonyl (C=O) groups is 2. The molecule has 2 aliphatic rings. The molecule has 1 aromatic heterocycles. The average Bonchev–Trinajstić information content (AvgIpc) is 3.35. The van der Waals surface area contributed by atoms with Crippen LogP contribution in [0.15, 0.2) is 12.1 Å². The minimum Gasteiger partial charge on any atom is -0.341 e. The van der Waals surface area contributed by atoms with Crippen molar-refractivity contribution >= 4 is 23.3 Å². The molecule has 23 heavy (non-hydrogen) atoms. The summed E-state index contributed by atoms with van der Waals surface area (Å²) in [4.78, 5) is 30.8. The zero-order valence-corrected chi connectivity index (χ0v) is 14.5. The van der Waals surface area contributed by atoms with Crippen LogP contribution in [0.1, 0.15) is 35.9 Å². The molecule has 6 heteroatoms. The fourth-order valence-electron chi connectivity index (χ4n) is 2.91. The summed E-state index contributed by atoms with van der Waals surface area (Å²) in [5, 5.41) is 3.01. The lowest BCUT2D eigenvalue weighted by molar-refractivity contribution is -0.132. The Bertz CT molecular complexity index is 568. The highest BCUT2D eigenvalue weighted by molar-refractivity contribution is 7.11. The fourth-order valence-corrected chi connectivity index (χ4v) is 3.81. The Morgan fingerprint density at radius 3 is 2.52 bits per heavy atom. The number of hydrogen-bond donors (Lipinski definition) is 1. The van der Waals surface area contributed by atoms with Gasteiger partial charge in [0.25, 0.3) is 0 Å². The molecule has 1 N–H and O–H groups in total. The van der Waals surface area contributed by atoms with Gasteiger partial charge in [0.15, 0.2) is 0 Å². The van der Waals surface area contributed by atoms with Crippen LogP contribution < -0.4 is 5.32 Å². The van der Waals surface area contributed by atoms with Gasteiger partial charge in [-0.05, 0) is 37.8 Å². The average molecular weight is 335 g/mol. The van der Waals surface area contributed by atoms with Crippen LogP contribution in [-0.4, -0.2) is 47.9 Å². The number of amides is 3. The lowest BCUT2D eigenvalue weighted by atomic mass is 10.3. The smallest absolute Gasteiger partial charge is 0.317 e. The van der Waals surface area contributed by atoms with Gasteiger partial charge in [-0.3, -0.25) is 4.79 Å². The Morgan fingerprint density at radius 1 is 1.13 bits per heavy atom. The van der Waals surface area contributed by atoms with Crippen LogP contribution >= 0.6 is 11.3 Å². The minimum atomic E-state index is -0.0165. The molecule has 1 aliphatic heterocycles. The number of hydrogen-bond acceptors (Lipinski definition) is 3. The standard InChI is InChI=1S/C17H25N3O2S/c1-2-14-6-7-15(23-14)12-18-17(22)20-9-3-8-19(10-11-20)16(21)13-4-5-13/h6-7,13H,2-5,8-12H2,1H3,(H,18,22). The summed E-state index contributed by atoms with van der Waals surface area (Å²) < 4.78 is 0. The molecule has 3 amide bonds. The molecule has 1 saturated heterocycles. The van der Waals surface area contributed by atoms with Crippen molar-refractivity contribution in [3.63, 3.8) is 0 Å². The first-order valence-electron chi connectivity index (χ1n) is 8.56. The van der Waals surface area contributed by atoms with E-state index in [1.54, 1.807) is 11.3 Å². The van der Waals surface area contributed by atoms with Crippen molar-refractivity contribution in [3.05, 3.63) is 21.9 Å². The first-order chi connectivity index (χ1) is 11.2. The third kappa shape index (κ3) is 4.25. The maximum atomic E-state index is 12.3. The molecule has 2 fully saturated rings. The van der Waals surface area contributed by atoms with E-state index in [4.69, 9.17) is 0 Å². The van der Waals surface area contributed by atoms with E-state index in [0.29, 0.717) is 19.6 Å². The van der Waals surface area contributed by atoms with Crippen molar-refractivity contribution in [2.45, 2.75) is 39.2 Å². The van der Waals surface area contributed by atoms with Crippen LogP contribution in [0.25, 0.3) is 0 Å². The Morgan fingerprint density at radius 2 is 1.83 bits per heavy atom. The summed E-state index contributed by atoms with van der Waals surface area (Å²) in [6.07, 6.45) is 3.99. The zero-order valence-electron chi connectivity index (χ0n) is 13.7. The van der Waals surface area contributed by atoms with E-state index >= 15 is 0 Å². The lowest BCUT2D eigenvalue weighted by Gasteiger charge is -2.22. The van der Waals surface area contributed by atoms with Crippen LogP contribution in [0.4, 0.5) is 4.79 Å². The normalized spacial score (nSPS) is 18.7. The molecule has 5 nitrogen and oxygen atoms in total. The Kier molecular flexibility index (Phi) is 5.20. The maximum Gasteiger partial charge on any atom is 0.317 e. The van der Waals surface area contributed by atoms with Crippen molar-refractivity contribution in [2.75, 3.05) is 26.2 Å². The van der Waals surface area contributed by atoms with Gasteiger partial charge in [0.2, 0.25) is 5.91 Å². The lowest BCUT2D eigenvalue weighted by Crippen LogP contribution is -2.42. The molecule has 1 aliphatic carbocycles. The van der Waals surface area contributed by atoms with Gasteiger partial charge >= 0.3 is 6.03 Å². The van der Waals surface area contributed by atoms with Gasteiger partial charge in [0, 0.05) is 41.9 Å². The van der Waals surface area contributed by atoms with Crippen molar-refractivity contribution in [3.8, 4) is 0 Å². The topological polar surface area (TPSA) is 52.7 Å². The highest BCUT2D eigenvalue weighted by Gasteiger charge is 2.34. The van der Waals surface area contributed by atoms with Crippen LogP contribution in [0.2, 0.25) is 0 Å². The Hall–Kier alpha value is -1.56. The van der Waals surface area contributed by atoms with Gasteiger partial charge in [-0.1, -0.05) is 6.92 Å². The molecule has 0 aromatic carbocycles. The molecule has 126 valence electrons. The number of nitrogens with one attached hydrogen (secondary N) is 1. The van der Waals surface area contributed by atoms with E-state index in [9.17, 15) is 9.59 Å². The second-order valence-electron chi connectivity index (χ2n) is 6.32. The van der Waals surface area contributed by atoms with E-state index in [-0.39, 0.29) is 17.9 Å². The van der Waals surface area contributed by atoms with Gasteiger partial charge < -0.3 is 15.1 Å². The van der Waals surface area contributed by atoms with Gasteiger partial charge in [0.05, 0.1) is 6.54 Å². The first-order valence-corrected chi connectivity index (χ1v) is 9.38. The zero-order chi connectivity index (χ0) is 16.2. The molecule has 0 spiro atoms. The quantitative estimate of drug-likeness (QED) is 0.919. The SMILES string of the molecule is CCc1ccc(CNC(=O)N2CCCN(C(=O)C3CC3)CC2)s1. The summed E-state index contributed by atoms with van der Waals surface area (Å²) in [5.41, 5.74) is 0. The number of thiophene rings is 1. The van der Waals surface area contributed by atoms with Gasteiger partial charge in [0.1, 0.15) is 0 Å². The summed E-state index contributed by atoms with van der Waals surface area (Å²) in [5.74, 6) is 0.555. The first kappa shape index (κ1) is 16.3. The van der Waals surface area contributed by atoms with Crippen molar-refractivity contribution in [1.82, 2.24) is 15.1 Å². The molecule has 0 atom stereocenters. The van der Waals surface area contributed by atoms with Crippen molar-refractivity contribution < 1.29 is 9.59 Å². The third-order valence-electron chi connectivity index (χ3n) is 4.50. The summed E-state index contributed by atoms with van der Waals surface area (Å²) >= 11 is 1.75. The van der Waals surface area contributed by atoms with Gasteiger partial charge in [-0.25, -0.2) is 4.79 Å². The number of aryl methyl sites for hydroxylation is 1. The number of rotatable bonds is 4. The maximum absolute atomic E-state index is 12.3. The van der Waals surface area contributed by atoms with Crippen LogP contribution in [0.5, 0.6) is 0 Å². The van der Waals surface area contributed by atoms with Crippen LogP contribution in [0, 0.1) is 5.92 Å². The highest BCUT2D eigenvalue weighted by atomic mass is 32.1. The molecule has 0 bridgehead atoms. The fraction of sp³-hybridized carbons (Fsp3) is 0.647. The predicted octanol–water partition coefficient (Wildman–Crippen LogP) is 2.46. The number of urea groups is 1. The van der Waals surface area contributed by atoms with Crippen LogP contribution in [0.3, 0.4) is 0 Å². The Labute approximate surface area is 141 Å². The molecule has 0 unspecified atom stereocenters. The van der Waals surface area contributed by atoms with Gasteiger partial charge in [-0.2, -0.15) is 0 Å². The monoisotopic (exact) mass is 335 g/mol. The van der Waals surface area contributed by atoms with Crippen molar-refractivity contribution in [2.24, 2.45) is 5.92 Å². The largest absolute Gasteiger partial charge is 0.341 e. The van der Waals surface area contributed by atoms with Gasteiger partial charge in [-0.15, -0.1) is 11.3 Å². The Balaban J connectivity index is 1.46.